The van der Waals surface area contributed by atoms with Gasteiger partial charge < -0.3 is 14.8 Å². The lowest BCUT2D eigenvalue weighted by atomic mass is 9.99. The monoisotopic (exact) mass is 277 g/mol. The summed E-state index contributed by atoms with van der Waals surface area (Å²) >= 11 is 0. The Morgan fingerprint density at radius 3 is 2.30 bits per heavy atom. The van der Waals surface area contributed by atoms with E-state index in [0.29, 0.717) is 11.5 Å². The third-order valence-corrected chi connectivity index (χ3v) is 3.88. The number of rotatable bonds is 4. The average molecular weight is 277 g/mol. The number of hydrogen-bond donors (Lipinski definition) is 1. The minimum atomic E-state index is 0.124. The molecule has 0 radical (unpaired) electrons. The summed E-state index contributed by atoms with van der Waals surface area (Å²) in [5, 5.41) is 2.99. The van der Waals surface area contributed by atoms with E-state index >= 15 is 0 Å². The van der Waals surface area contributed by atoms with Crippen LogP contribution in [0.15, 0.2) is 18.2 Å². The van der Waals surface area contributed by atoms with E-state index in [2.05, 4.69) is 5.32 Å². The molecule has 1 saturated carbocycles. The molecule has 0 unspecified atom stereocenters. The molecule has 1 fully saturated rings. The van der Waals surface area contributed by atoms with E-state index in [1.54, 1.807) is 20.3 Å². The van der Waals surface area contributed by atoms with Crippen molar-refractivity contribution < 1.29 is 14.3 Å². The molecule has 2 rings (SSSR count). The molecule has 1 aromatic rings. The van der Waals surface area contributed by atoms with Crippen LogP contribution >= 0.6 is 0 Å². The number of carbonyl (C=O) groups excluding carboxylic acids is 1. The summed E-state index contributed by atoms with van der Waals surface area (Å²) in [6, 6.07) is 5.45. The molecule has 4 heteroatoms. The molecular weight excluding hydrogens is 254 g/mol. The van der Waals surface area contributed by atoms with Crippen molar-refractivity contribution in [3.63, 3.8) is 0 Å². The number of carbonyl (C=O) groups is 1. The maximum absolute atomic E-state index is 12.3. The van der Waals surface area contributed by atoms with Gasteiger partial charge in [0.1, 0.15) is 0 Å². The summed E-state index contributed by atoms with van der Waals surface area (Å²) < 4.78 is 10.4. The van der Waals surface area contributed by atoms with Crippen molar-refractivity contribution >= 4 is 11.6 Å². The molecular formula is C16H23NO3. The highest BCUT2D eigenvalue weighted by Crippen LogP contribution is 2.30. The first-order valence-corrected chi connectivity index (χ1v) is 7.27. The molecule has 1 aliphatic carbocycles. The summed E-state index contributed by atoms with van der Waals surface area (Å²) in [6.45, 7) is 0. The fourth-order valence-corrected chi connectivity index (χ4v) is 2.70. The van der Waals surface area contributed by atoms with Gasteiger partial charge in [0.15, 0.2) is 11.5 Å². The molecule has 1 amide bonds. The van der Waals surface area contributed by atoms with Gasteiger partial charge in [-0.2, -0.15) is 0 Å². The Kier molecular flexibility index (Phi) is 5.27. The lowest BCUT2D eigenvalue weighted by molar-refractivity contribution is -0.120. The number of nitrogens with one attached hydrogen (secondary N) is 1. The van der Waals surface area contributed by atoms with Crippen molar-refractivity contribution in [1.29, 1.82) is 0 Å². The standard InChI is InChI=1S/C16H23NO3/c1-19-14-10-9-13(11-15(14)20-2)17-16(18)12-7-5-3-4-6-8-12/h9-12H,3-8H2,1-2H3,(H,17,18). The fourth-order valence-electron chi connectivity index (χ4n) is 2.70. The highest BCUT2D eigenvalue weighted by atomic mass is 16.5. The molecule has 0 heterocycles. The first-order valence-electron chi connectivity index (χ1n) is 7.27. The van der Waals surface area contributed by atoms with Crippen LogP contribution in [0.4, 0.5) is 5.69 Å². The second-order valence-corrected chi connectivity index (χ2v) is 5.25. The van der Waals surface area contributed by atoms with Gasteiger partial charge in [-0.25, -0.2) is 0 Å². The van der Waals surface area contributed by atoms with Crippen LogP contribution in [0.1, 0.15) is 38.5 Å². The van der Waals surface area contributed by atoms with Gasteiger partial charge in [0.05, 0.1) is 14.2 Å². The van der Waals surface area contributed by atoms with E-state index < -0.39 is 0 Å². The predicted octanol–water partition coefficient (Wildman–Crippen LogP) is 3.61. The quantitative estimate of drug-likeness (QED) is 0.855. The van der Waals surface area contributed by atoms with Crippen molar-refractivity contribution in [1.82, 2.24) is 0 Å². The largest absolute Gasteiger partial charge is 0.493 e. The topological polar surface area (TPSA) is 47.6 Å². The Morgan fingerprint density at radius 2 is 1.70 bits per heavy atom. The van der Waals surface area contributed by atoms with Crippen LogP contribution in [0.25, 0.3) is 0 Å². The van der Waals surface area contributed by atoms with Crippen LogP contribution in [-0.2, 0) is 4.79 Å². The Labute approximate surface area is 120 Å². The Morgan fingerprint density at radius 1 is 1.05 bits per heavy atom. The van der Waals surface area contributed by atoms with E-state index in [1.165, 1.54) is 12.8 Å². The maximum Gasteiger partial charge on any atom is 0.227 e. The van der Waals surface area contributed by atoms with Crippen molar-refractivity contribution in [2.45, 2.75) is 38.5 Å². The third kappa shape index (κ3) is 3.65. The number of amides is 1. The molecule has 0 bridgehead atoms. The number of anilines is 1. The predicted molar refractivity (Wildman–Crippen MR) is 79.4 cm³/mol. The molecule has 4 nitrogen and oxygen atoms in total. The summed E-state index contributed by atoms with van der Waals surface area (Å²) in [5.74, 6) is 1.57. The van der Waals surface area contributed by atoms with Crippen LogP contribution in [0.3, 0.4) is 0 Å². The van der Waals surface area contributed by atoms with Gasteiger partial charge in [-0.3, -0.25) is 4.79 Å². The van der Waals surface area contributed by atoms with Gasteiger partial charge >= 0.3 is 0 Å². The third-order valence-electron chi connectivity index (χ3n) is 3.88. The van der Waals surface area contributed by atoms with Gasteiger partial charge in [-0.05, 0) is 25.0 Å². The molecule has 0 saturated heterocycles. The van der Waals surface area contributed by atoms with Gasteiger partial charge in [-0.1, -0.05) is 25.7 Å². The fraction of sp³-hybridized carbons (Fsp3) is 0.562. The molecule has 20 heavy (non-hydrogen) atoms. The summed E-state index contributed by atoms with van der Waals surface area (Å²) in [7, 11) is 3.19. The normalized spacial score (nSPS) is 16.3. The summed E-state index contributed by atoms with van der Waals surface area (Å²) in [4.78, 5) is 12.3. The van der Waals surface area contributed by atoms with E-state index in [-0.39, 0.29) is 11.8 Å². The number of ether oxygens (including phenoxy) is 2. The minimum Gasteiger partial charge on any atom is -0.493 e. The Hall–Kier alpha value is -1.71. The molecule has 1 aromatic carbocycles. The first-order chi connectivity index (χ1) is 9.74. The zero-order chi connectivity index (χ0) is 14.4. The van der Waals surface area contributed by atoms with Gasteiger partial charge in [0.25, 0.3) is 0 Å². The second-order valence-electron chi connectivity index (χ2n) is 5.25. The van der Waals surface area contributed by atoms with E-state index in [0.717, 1.165) is 31.4 Å². The van der Waals surface area contributed by atoms with E-state index in [1.807, 2.05) is 12.1 Å². The Balaban J connectivity index is 2.03. The highest BCUT2D eigenvalue weighted by molar-refractivity contribution is 5.92. The van der Waals surface area contributed by atoms with Gasteiger partial charge in [0, 0.05) is 17.7 Å². The molecule has 1 aliphatic rings. The van der Waals surface area contributed by atoms with Crippen molar-refractivity contribution in [2.75, 3.05) is 19.5 Å². The first kappa shape index (κ1) is 14.7. The highest BCUT2D eigenvalue weighted by Gasteiger charge is 2.20. The van der Waals surface area contributed by atoms with Gasteiger partial charge in [0.2, 0.25) is 5.91 Å². The maximum atomic E-state index is 12.3. The van der Waals surface area contributed by atoms with E-state index in [9.17, 15) is 4.79 Å². The lowest BCUT2D eigenvalue weighted by Gasteiger charge is -2.15. The van der Waals surface area contributed by atoms with Crippen LogP contribution in [-0.4, -0.2) is 20.1 Å². The van der Waals surface area contributed by atoms with Crippen molar-refractivity contribution in [3.8, 4) is 11.5 Å². The smallest absolute Gasteiger partial charge is 0.227 e. The molecule has 0 aliphatic heterocycles. The van der Waals surface area contributed by atoms with Crippen LogP contribution < -0.4 is 14.8 Å². The molecule has 1 N–H and O–H groups in total. The zero-order valence-corrected chi connectivity index (χ0v) is 12.3. The molecule has 110 valence electrons. The SMILES string of the molecule is COc1ccc(NC(=O)C2CCCCCC2)cc1OC. The number of benzene rings is 1. The molecule has 0 aromatic heterocycles. The lowest BCUT2D eigenvalue weighted by Crippen LogP contribution is -2.22. The summed E-state index contributed by atoms with van der Waals surface area (Å²) in [5.41, 5.74) is 0.761. The summed E-state index contributed by atoms with van der Waals surface area (Å²) in [6.07, 6.45) is 6.81. The minimum absolute atomic E-state index is 0.124. The molecule has 0 atom stereocenters. The zero-order valence-electron chi connectivity index (χ0n) is 12.3. The van der Waals surface area contributed by atoms with Crippen LogP contribution in [0.5, 0.6) is 11.5 Å². The van der Waals surface area contributed by atoms with Crippen molar-refractivity contribution in [2.24, 2.45) is 5.92 Å². The average Bonchev–Trinajstić information content (AvgIpc) is 2.76. The van der Waals surface area contributed by atoms with Crippen LogP contribution in [0, 0.1) is 5.92 Å². The number of hydrogen-bond acceptors (Lipinski definition) is 3. The Bertz CT molecular complexity index is 451. The number of methoxy groups -OCH3 is 2. The second kappa shape index (κ2) is 7.17. The van der Waals surface area contributed by atoms with Gasteiger partial charge in [-0.15, -0.1) is 0 Å². The van der Waals surface area contributed by atoms with E-state index in [4.69, 9.17) is 9.47 Å². The van der Waals surface area contributed by atoms with Crippen molar-refractivity contribution in [3.05, 3.63) is 18.2 Å². The molecule has 0 spiro atoms. The van der Waals surface area contributed by atoms with Crippen LogP contribution in [0.2, 0.25) is 0 Å².